The number of allylic oxidation sites excluding steroid dienone is 1. The molecule has 0 fully saturated rings. The Balaban J connectivity index is 1.60. The van der Waals surface area contributed by atoms with Crippen molar-refractivity contribution in [3.8, 4) is 11.4 Å². The van der Waals surface area contributed by atoms with Crippen LogP contribution in [0.4, 0.5) is 11.6 Å². The molecule has 0 radical (unpaired) electrons. The number of aromatic amines is 2. The molecule has 0 spiro atoms. The Morgan fingerprint density at radius 2 is 1.94 bits per heavy atom. The number of pyridine rings is 2. The van der Waals surface area contributed by atoms with Gasteiger partial charge in [0.25, 0.3) is 5.91 Å². The first-order chi connectivity index (χ1) is 15.2. The molecule has 0 saturated heterocycles. The third-order valence-corrected chi connectivity index (χ3v) is 5.15. The number of rotatable bonds is 4. The first-order valence-electron chi connectivity index (χ1n) is 9.93. The molecule has 152 valence electrons. The van der Waals surface area contributed by atoms with E-state index in [-0.39, 0.29) is 5.91 Å². The Bertz CT molecular complexity index is 1250. The van der Waals surface area contributed by atoms with Crippen molar-refractivity contribution in [1.29, 1.82) is 0 Å². The maximum atomic E-state index is 13.3. The number of anilines is 2. The van der Waals surface area contributed by atoms with Gasteiger partial charge in [-0.05, 0) is 42.2 Å². The number of fused-ring (bicyclic) bond motifs is 1. The number of nitrogens with one attached hydrogen (secondary N) is 4. The lowest BCUT2D eigenvalue weighted by molar-refractivity contribution is -0.754. The zero-order chi connectivity index (χ0) is 21.2. The molecule has 0 aliphatic carbocycles. The van der Waals surface area contributed by atoms with Gasteiger partial charge >= 0.3 is 5.95 Å². The molecule has 1 aromatic carbocycles. The molecule has 3 aromatic heterocycles. The molecule has 1 unspecified atom stereocenters. The van der Waals surface area contributed by atoms with Crippen molar-refractivity contribution in [2.24, 2.45) is 0 Å². The predicted molar refractivity (Wildman–Crippen MR) is 115 cm³/mol. The summed E-state index contributed by atoms with van der Waals surface area (Å²) in [7, 11) is 0. The summed E-state index contributed by atoms with van der Waals surface area (Å²) < 4.78 is 1.87. The van der Waals surface area contributed by atoms with Crippen LogP contribution in [0.1, 0.15) is 18.7 Å². The van der Waals surface area contributed by atoms with Gasteiger partial charge in [0.2, 0.25) is 17.6 Å². The first-order valence-corrected chi connectivity index (χ1v) is 9.93. The van der Waals surface area contributed by atoms with Crippen LogP contribution in [-0.2, 0) is 4.79 Å². The lowest BCUT2D eigenvalue weighted by atomic mass is 9.98. The summed E-state index contributed by atoms with van der Waals surface area (Å²) in [6.45, 7) is 1.88. The fourth-order valence-electron chi connectivity index (χ4n) is 3.72. The number of carbonyl (C=O) groups is 1. The normalized spacial score (nSPS) is 15.2. The molecular weight excluding hydrogens is 390 g/mol. The number of amides is 1. The van der Waals surface area contributed by atoms with Gasteiger partial charge in [0.15, 0.2) is 6.20 Å². The van der Waals surface area contributed by atoms with E-state index in [2.05, 4.69) is 25.7 Å². The summed E-state index contributed by atoms with van der Waals surface area (Å²) in [6, 6.07) is 18.9. The summed E-state index contributed by atoms with van der Waals surface area (Å²) in [6.07, 6.45) is 5.13. The van der Waals surface area contributed by atoms with Crippen LogP contribution in [0.2, 0.25) is 0 Å². The molecule has 4 aromatic rings. The molecule has 0 saturated carbocycles. The summed E-state index contributed by atoms with van der Waals surface area (Å²) in [5.74, 6) is 1.14. The van der Waals surface area contributed by atoms with Gasteiger partial charge in [0, 0.05) is 23.9 Å². The van der Waals surface area contributed by atoms with Gasteiger partial charge in [0.1, 0.15) is 5.57 Å². The van der Waals surface area contributed by atoms with Crippen LogP contribution < -0.4 is 20.3 Å². The highest BCUT2D eigenvalue weighted by atomic mass is 16.1. The van der Waals surface area contributed by atoms with Gasteiger partial charge in [-0.3, -0.25) is 9.78 Å². The molecule has 1 aliphatic rings. The second-order valence-electron chi connectivity index (χ2n) is 7.21. The van der Waals surface area contributed by atoms with E-state index in [0.29, 0.717) is 23.0 Å². The van der Waals surface area contributed by atoms with Gasteiger partial charge in [-0.15, -0.1) is 4.68 Å². The molecule has 8 nitrogen and oxygen atoms in total. The number of carbonyl (C=O) groups excluding carboxylic acids is 1. The number of benzene rings is 1. The van der Waals surface area contributed by atoms with Crippen molar-refractivity contribution in [3.05, 3.63) is 96.2 Å². The van der Waals surface area contributed by atoms with Crippen molar-refractivity contribution < 1.29 is 14.5 Å². The number of hydrogen-bond acceptors (Lipinski definition) is 4. The highest BCUT2D eigenvalue weighted by Gasteiger charge is 2.42. The Morgan fingerprint density at radius 3 is 2.68 bits per heavy atom. The van der Waals surface area contributed by atoms with Gasteiger partial charge in [-0.1, -0.05) is 18.2 Å². The SMILES string of the molecule is CC1=C(C(=O)Nc2cccnc2)C(c2cccc[nH+]2)[n+]2[nH]c(-c3ccccc3)nc2N1. The second-order valence-corrected chi connectivity index (χ2v) is 7.21. The summed E-state index contributed by atoms with van der Waals surface area (Å²) >= 11 is 0. The molecule has 5 rings (SSSR count). The minimum atomic E-state index is -0.418. The minimum Gasteiger partial charge on any atom is -0.321 e. The van der Waals surface area contributed by atoms with E-state index < -0.39 is 6.04 Å². The Hall–Kier alpha value is -4.33. The van der Waals surface area contributed by atoms with Crippen LogP contribution in [0.3, 0.4) is 0 Å². The van der Waals surface area contributed by atoms with Crippen LogP contribution in [0.5, 0.6) is 0 Å². The van der Waals surface area contributed by atoms with Crippen molar-refractivity contribution >= 4 is 17.5 Å². The molecule has 31 heavy (non-hydrogen) atoms. The van der Waals surface area contributed by atoms with Gasteiger partial charge in [-0.25, -0.2) is 15.4 Å². The van der Waals surface area contributed by atoms with Crippen molar-refractivity contribution in [2.45, 2.75) is 13.0 Å². The molecule has 8 heteroatoms. The maximum absolute atomic E-state index is 13.3. The highest BCUT2D eigenvalue weighted by Crippen LogP contribution is 2.29. The smallest absolute Gasteiger partial charge is 0.321 e. The van der Waals surface area contributed by atoms with Crippen LogP contribution in [0.15, 0.2) is 90.5 Å². The Kier molecular flexibility index (Phi) is 4.72. The average Bonchev–Trinajstić information content (AvgIpc) is 3.23. The van der Waals surface area contributed by atoms with E-state index in [1.165, 1.54) is 0 Å². The topological polar surface area (TPSA) is 101 Å². The standard InChI is InChI=1S/C23H19N7O/c1-15-19(22(31)27-17-10-7-12-24-14-17)20(18-11-5-6-13-25-18)30-23(26-15)28-21(29-30)16-8-3-2-4-9-16/h2-14,20H,1H3,(H2,26,27,28,29,31)/p+2. The lowest BCUT2D eigenvalue weighted by Crippen LogP contribution is -2.52. The summed E-state index contributed by atoms with van der Waals surface area (Å²) in [5, 5.41) is 9.59. The van der Waals surface area contributed by atoms with E-state index in [1.807, 2.05) is 72.4 Å². The van der Waals surface area contributed by atoms with Crippen molar-refractivity contribution in [2.75, 3.05) is 10.6 Å². The zero-order valence-electron chi connectivity index (χ0n) is 16.8. The number of aromatic nitrogens is 5. The fourth-order valence-corrected chi connectivity index (χ4v) is 3.72. The maximum Gasteiger partial charge on any atom is 0.417 e. The molecule has 1 amide bonds. The molecular formula is C23H21N7O+2. The van der Waals surface area contributed by atoms with Crippen LogP contribution in [0.25, 0.3) is 11.4 Å². The van der Waals surface area contributed by atoms with E-state index in [9.17, 15) is 4.79 Å². The highest BCUT2D eigenvalue weighted by molar-refractivity contribution is 6.05. The predicted octanol–water partition coefficient (Wildman–Crippen LogP) is 2.50. The lowest BCUT2D eigenvalue weighted by Gasteiger charge is -2.21. The van der Waals surface area contributed by atoms with Crippen LogP contribution in [0, 0.1) is 0 Å². The van der Waals surface area contributed by atoms with Gasteiger partial charge in [-0.2, -0.15) is 0 Å². The van der Waals surface area contributed by atoms with E-state index >= 15 is 0 Å². The zero-order valence-corrected chi connectivity index (χ0v) is 16.8. The largest absolute Gasteiger partial charge is 0.417 e. The average molecular weight is 411 g/mol. The second kappa shape index (κ2) is 7.83. The third kappa shape index (κ3) is 3.55. The van der Waals surface area contributed by atoms with Crippen LogP contribution >= 0.6 is 0 Å². The van der Waals surface area contributed by atoms with Gasteiger partial charge < -0.3 is 5.32 Å². The Labute approximate surface area is 178 Å². The van der Waals surface area contributed by atoms with E-state index in [4.69, 9.17) is 4.98 Å². The number of nitrogens with zero attached hydrogens (tertiary/aromatic N) is 3. The monoisotopic (exact) mass is 411 g/mol. The first kappa shape index (κ1) is 18.7. The van der Waals surface area contributed by atoms with Crippen LogP contribution in [-0.4, -0.2) is 21.0 Å². The van der Waals surface area contributed by atoms with Gasteiger partial charge in [0.05, 0.1) is 17.6 Å². The molecule has 4 N–H and O–H groups in total. The molecule has 0 bridgehead atoms. The quantitative estimate of drug-likeness (QED) is 0.449. The molecule has 1 atom stereocenters. The Morgan fingerprint density at radius 1 is 1.10 bits per heavy atom. The van der Waals surface area contributed by atoms with E-state index in [0.717, 1.165) is 17.0 Å². The minimum absolute atomic E-state index is 0.214. The number of H-pyrrole nitrogens is 2. The van der Waals surface area contributed by atoms with E-state index in [1.54, 1.807) is 18.5 Å². The summed E-state index contributed by atoms with van der Waals surface area (Å²) in [4.78, 5) is 25.4. The third-order valence-electron chi connectivity index (χ3n) is 5.15. The molecule has 4 heterocycles. The summed E-state index contributed by atoms with van der Waals surface area (Å²) in [5.41, 5.74) is 3.76. The number of hydrogen-bond donors (Lipinski definition) is 3. The van der Waals surface area contributed by atoms with Crippen molar-refractivity contribution in [3.63, 3.8) is 0 Å². The molecule has 1 aliphatic heterocycles. The fraction of sp³-hybridized carbons (Fsp3) is 0.0870. The van der Waals surface area contributed by atoms with Crippen molar-refractivity contribution in [1.82, 2.24) is 15.1 Å².